The van der Waals surface area contributed by atoms with Crippen molar-refractivity contribution in [2.45, 2.75) is 17.7 Å². The van der Waals surface area contributed by atoms with E-state index < -0.39 is 23.5 Å². The Morgan fingerprint density at radius 1 is 0.815 bits per heavy atom. The Kier molecular flexibility index (Phi) is 5.30. The summed E-state index contributed by atoms with van der Waals surface area (Å²) in [5.74, 6) is -1.29. The summed E-state index contributed by atoms with van der Waals surface area (Å²) < 4.78 is 10.2. The van der Waals surface area contributed by atoms with E-state index in [0.717, 1.165) is 11.1 Å². The fourth-order valence-corrected chi connectivity index (χ4v) is 4.20. The number of nitrogens with zero attached hydrogens (tertiary/aromatic N) is 2. The van der Waals surface area contributed by atoms with Crippen molar-refractivity contribution in [3.8, 4) is 0 Å². The van der Waals surface area contributed by atoms with Gasteiger partial charge in [0.15, 0.2) is 0 Å². The SMILES string of the molecule is COC(=O)C1(C(=O)OC)[C@H](c2ccccc2)N(C)[C@H](c2ccccc2)N1C. The van der Waals surface area contributed by atoms with Gasteiger partial charge in [0.1, 0.15) is 0 Å². The highest BCUT2D eigenvalue weighted by molar-refractivity contribution is 6.06. The molecule has 6 nitrogen and oxygen atoms in total. The van der Waals surface area contributed by atoms with Crippen LogP contribution in [0, 0.1) is 0 Å². The molecule has 1 aliphatic rings. The summed E-state index contributed by atoms with van der Waals surface area (Å²) in [6.07, 6.45) is -0.311. The van der Waals surface area contributed by atoms with E-state index in [0.29, 0.717) is 0 Å². The molecule has 2 aromatic rings. The third-order valence-electron chi connectivity index (χ3n) is 5.32. The summed E-state index contributed by atoms with van der Waals surface area (Å²) in [4.78, 5) is 29.9. The van der Waals surface area contributed by atoms with E-state index >= 15 is 0 Å². The average Bonchev–Trinajstić information content (AvgIpc) is 2.95. The molecular formula is C21H24N2O4. The first-order chi connectivity index (χ1) is 13.0. The summed E-state index contributed by atoms with van der Waals surface area (Å²) >= 11 is 0. The molecule has 2 aromatic carbocycles. The van der Waals surface area contributed by atoms with Crippen LogP contribution in [0.5, 0.6) is 0 Å². The van der Waals surface area contributed by atoms with Crippen LogP contribution in [0.1, 0.15) is 23.3 Å². The molecule has 3 rings (SSSR count). The molecule has 0 spiro atoms. The molecule has 0 aromatic heterocycles. The number of likely N-dealkylation sites (N-methyl/N-ethyl adjacent to an activating group) is 2. The lowest BCUT2D eigenvalue weighted by Gasteiger charge is -2.35. The molecule has 27 heavy (non-hydrogen) atoms. The van der Waals surface area contributed by atoms with Crippen molar-refractivity contribution in [2.24, 2.45) is 0 Å². The predicted octanol–water partition coefficient (Wildman–Crippen LogP) is 2.39. The van der Waals surface area contributed by atoms with Crippen LogP contribution in [0.3, 0.4) is 0 Å². The minimum Gasteiger partial charge on any atom is -0.467 e. The fraction of sp³-hybridized carbons (Fsp3) is 0.333. The minimum absolute atomic E-state index is 0.311. The van der Waals surface area contributed by atoms with Gasteiger partial charge in [0.05, 0.1) is 26.4 Å². The molecule has 0 saturated carbocycles. The van der Waals surface area contributed by atoms with E-state index in [9.17, 15) is 9.59 Å². The molecule has 0 radical (unpaired) electrons. The highest BCUT2D eigenvalue weighted by Crippen LogP contribution is 2.50. The zero-order valence-electron chi connectivity index (χ0n) is 16.0. The molecular weight excluding hydrogens is 344 g/mol. The van der Waals surface area contributed by atoms with Gasteiger partial charge in [-0.25, -0.2) is 9.59 Å². The molecule has 0 aliphatic carbocycles. The van der Waals surface area contributed by atoms with Gasteiger partial charge in [-0.1, -0.05) is 60.7 Å². The minimum atomic E-state index is -1.62. The van der Waals surface area contributed by atoms with Gasteiger partial charge in [0.25, 0.3) is 0 Å². The molecule has 1 heterocycles. The highest BCUT2D eigenvalue weighted by Gasteiger charge is 2.67. The van der Waals surface area contributed by atoms with Crippen LogP contribution in [-0.2, 0) is 19.1 Å². The second-order valence-corrected chi connectivity index (χ2v) is 6.62. The van der Waals surface area contributed by atoms with Crippen molar-refractivity contribution in [1.29, 1.82) is 0 Å². The summed E-state index contributed by atoms with van der Waals surface area (Å²) in [7, 11) is 6.24. The van der Waals surface area contributed by atoms with E-state index in [2.05, 4.69) is 0 Å². The largest absolute Gasteiger partial charge is 0.467 e. The Balaban J connectivity index is 2.26. The van der Waals surface area contributed by atoms with Crippen LogP contribution in [-0.4, -0.2) is 55.6 Å². The van der Waals surface area contributed by atoms with E-state index in [1.165, 1.54) is 14.2 Å². The van der Waals surface area contributed by atoms with Crippen molar-refractivity contribution < 1.29 is 19.1 Å². The monoisotopic (exact) mass is 368 g/mol. The quantitative estimate of drug-likeness (QED) is 0.610. The second kappa shape index (κ2) is 7.50. The maximum Gasteiger partial charge on any atom is 0.340 e. The number of methoxy groups -OCH3 is 2. The fourth-order valence-electron chi connectivity index (χ4n) is 4.20. The van der Waals surface area contributed by atoms with Crippen molar-refractivity contribution >= 4 is 11.9 Å². The van der Waals surface area contributed by atoms with Crippen LogP contribution < -0.4 is 0 Å². The molecule has 0 N–H and O–H groups in total. The highest BCUT2D eigenvalue weighted by atomic mass is 16.5. The van der Waals surface area contributed by atoms with Crippen LogP contribution in [0.15, 0.2) is 60.7 Å². The molecule has 1 aliphatic heterocycles. The van der Waals surface area contributed by atoms with Gasteiger partial charge >= 0.3 is 11.9 Å². The number of esters is 2. The maximum atomic E-state index is 13.1. The molecule has 0 unspecified atom stereocenters. The van der Waals surface area contributed by atoms with Gasteiger partial charge in [-0.2, -0.15) is 0 Å². The van der Waals surface area contributed by atoms with Crippen molar-refractivity contribution in [1.82, 2.24) is 9.80 Å². The van der Waals surface area contributed by atoms with E-state index in [1.54, 1.807) is 11.9 Å². The number of ether oxygens (including phenoxy) is 2. The Bertz CT molecular complexity index is 793. The van der Waals surface area contributed by atoms with Gasteiger partial charge in [-0.3, -0.25) is 9.80 Å². The molecule has 1 fully saturated rings. The summed E-state index contributed by atoms with van der Waals surface area (Å²) in [5.41, 5.74) is 0.180. The molecule has 2 atom stereocenters. The summed E-state index contributed by atoms with van der Waals surface area (Å²) in [6.45, 7) is 0. The number of carbonyl (C=O) groups excluding carboxylic acids is 2. The first-order valence-corrected chi connectivity index (χ1v) is 8.71. The number of benzene rings is 2. The molecule has 1 saturated heterocycles. The van der Waals surface area contributed by atoms with Gasteiger partial charge < -0.3 is 9.47 Å². The van der Waals surface area contributed by atoms with Gasteiger partial charge in [-0.15, -0.1) is 0 Å². The Labute approximate surface area is 159 Å². The lowest BCUT2D eigenvalue weighted by Crippen LogP contribution is -2.59. The van der Waals surface area contributed by atoms with E-state index in [1.807, 2.05) is 72.6 Å². The third-order valence-corrected chi connectivity index (χ3v) is 5.32. The zero-order chi connectivity index (χ0) is 19.6. The number of hydrogen-bond acceptors (Lipinski definition) is 6. The molecule has 0 amide bonds. The van der Waals surface area contributed by atoms with Crippen LogP contribution in [0.25, 0.3) is 0 Å². The summed E-state index contributed by atoms with van der Waals surface area (Å²) in [5, 5.41) is 0. The van der Waals surface area contributed by atoms with Crippen molar-refractivity contribution in [2.75, 3.05) is 28.3 Å². The van der Waals surface area contributed by atoms with E-state index in [4.69, 9.17) is 9.47 Å². The van der Waals surface area contributed by atoms with E-state index in [-0.39, 0.29) is 6.17 Å². The predicted molar refractivity (Wildman–Crippen MR) is 101 cm³/mol. The summed E-state index contributed by atoms with van der Waals surface area (Å²) in [6, 6.07) is 18.7. The van der Waals surface area contributed by atoms with Crippen molar-refractivity contribution in [3.05, 3.63) is 71.8 Å². The Morgan fingerprint density at radius 2 is 1.26 bits per heavy atom. The number of hydrogen-bond donors (Lipinski definition) is 0. The Hall–Kier alpha value is -2.70. The third kappa shape index (κ3) is 2.81. The lowest BCUT2D eigenvalue weighted by molar-refractivity contribution is -0.171. The average molecular weight is 368 g/mol. The molecule has 0 bridgehead atoms. The topological polar surface area (TPSA) is 59.1 Å². The van der Waals surface area contributed by atoms with Gasteiger partial charge in [-0.05, 0) is 25.2 Å². The second-order valence-electron chi connectivity index (χ2n) is 6.62. The molecule has 6 heteroatoms. The van der Waals surface area contributed by atoms with Crippen LogP contribution in [0.4, 0.5) is 0 Å². The standard InChI is InChI=1S/C21H24N2O4/c1-22-17(15-11-7-5-8-12-15)21(19(24)26-3,20(25)27-4)23(2)18(22)16-13-9-6-10-14-16/h5-14,17-18H,1-4H3/t17-,18-/m0/s1. The van der Waals surface area contributed by atoms with Crippen molar-refractivity contribution in [3.63, 3.8) is 0 Å². The maximum absolute atomic E-state index is 13.1. The van der Waals surface area contributed by atoms with Crippen LogP contribution in [0.2, 0.25) is 0 Å². The van der Waals surface area contributed by atoms with Crippen LogP contribution >= 0.6 is 0 Å². The first-order valence-electron chi connectivity index (χ1n) is 8.71. The lowest BCUT2D eigenvalue weighted by atomic mass is 9.85. The first kappa shape index (κ1) is 19.1. The number of carbonyl (C=O) groups is 2. The normalized spacial score (nSPS) is 22.4. The number of rotatable bonds is 4. The molecule has 142 valence electrons. The van der Waals surface area contributed by atoms with Gasteiger partial charge in [0.2, 0.25) is 5.54 Å². The Morgan fingerprint density at radius 3 is 1.70 bits per heavy atom. The van der Waals surface area contributed by atoms with Gasteiger partial charge in [0, 0.05) is 0 Å². The zero-order valence-corrected chi connectivity index (χ0v) is 16.0. The smallest absolute Gasteiger partial charge is 0.340 e.